The number of benzene rings is 1. The highest BCUT2D eigenvalue weighted by Crippen LogP contribution is 2.39. The molecular weight excluding hydrogens is 252 g/mol. The van der Waals surface area contributed by atoms with Gasteiger partial charge in [-0.2, -0.15) is 5.26 Å². The van der Waals surface area contributed by atoms with Gasteiger partial charge in [0, 0.05) is 24.6 Å². The fraction of sp³-hybridized carbons (Fsp3) is 0.562. The van der Waals surface area contributed by atoms with Gasteiger partial charge >= 0.3 is 0 Å². The van der Waals surface area contributed by atoms with E-state index in [4.69, 9.17) is 10.00 Å². The van der Waals surface area contributed by atoms with E-state index in [0.717, 1.165) is 18.7 Å². The summed E-state index contributed by atoms with van der Waals surface area (Å²) in [6.45, 7) is 6.76. The van der Waals surface area contributed by atoms with Crippen LogP contribution < -0.4 is 9.64 Å². The van der Waals surface area contributed by atoms with Crippen LogP contribution in [0.5, 0.6) is 5.75 Å². The molecule has 0 aliphatic carbocycles. The summed E-state index contributed by atoms with van der Waals surface area (Å²) >= 11 is 0. The Morgan fingerprint density at radius 3 is 2.65 bits per heavy atom. The molecule has 1 saturated heterocycles. The molecule has 4 nitrogen and oxygen atoms in total. The molecule has 0 saturated carbocycles. The Balaban J connectivity index is 2.32. The summed E-state index contributed by atoms with van der Waals surface area (Å²) in [5.41, 5.74) is 0.899. The van der Waals surface area contributed by atoms with Gasteiger partial charge < -0.3 is 14.7 Å². The van der Waals surface area contributed by atoms with Crippen LogP contribution in [0.4, 0.5) is 5.69 Å². The predicted molar refractivity (Wildman–Crippen MR) is 78.9 cm³/mol. The number of rotatable bonds is 3. The van der Waals surface area contributed by atoms with E-state index in [0.29, 0.717) is 11.3 Å². The average Bonchev–Trinajstić information content (AvgIpc) is 2.79. The first kappa shape index (κ1) is 14.7. The van der Waals surface area contributed by atoms with E-state index in [1.807, 2.05) is 26.0 Å². The maximum atomic E-state index is 10.3. The van der Waals surface area contributed by atoms with Crippen LogP contribution in [0.1, 0.15) is 32.8 Å². The Hall–Kier alpha value is -1.73. The van der Waals surface area contributed by atoms with Gasteiger partial charge in [-0.3, -0.25) is 0 Å². The Morgan fingerprint density at radius 2 is 2.15 bits per heavy atom. The molecule has 1 aromatic carbocycles. The van der Waals surface area contributed by atoms with Crippen LogP contribution in [0.3, 0.4) is 0 Å². The van der Waals surface area contributed by atoms with Crippen LogP contribution in [-0.2, 0) is 0 Å². The molecule has 2 rings (SSSR count). The Morgan fingerprint density at radius 1 is 1.45 bits per heavy atom. The summed E-state index contributed by atoms with van der Waals surface area (Å²) in [6.07, 6.45) is 0.952. The summed E-state index contributed by atoms with van der Waals surface area (Å²) < 4.78 is 5.41. The second kappa shape index (κ2) is 5.34. The maximum Gasteiger partial charge on any atom is 0.143 e. The quantitative estimate of drug-likeness (QED) is 0.920. The van der Waals surface area contributed by atoms with E-state index >= 15 is 0 Å². The van der Waals surface area contributed by atoms with Crippen LogP contribution in [0.2, 0.25) is 0 Å². The minimum atomic E-state index is -0.687. The number of aliphatic hydroxyl groups is 1. The Labute approximate surface area is 120 Å². The van der Waals surface area contributed by atoms with Crippen molar-refractivity contribution in [2.75, 3.05) is 18.6 Å². The summed E-state index contributed by atoms with van der Waals surface area (Å²) in [5, 5.41) is 19.2. The number of anilines is 1. The molecular formula is C16H22N2O2. The van der Waals surface area contributed by atoms with E-state index in [1.54, 1.807) is 13.2 Å². The van der Waals surface area contributed by atoms with Gasteiger partial charge in [0.15, 0.2) is 0 Å². The zero-order valence-electron chi connectivity index (χ0n) is 12.6. The normalized spacial score (nSPS) is 22.7. The highest BCUT2D eigenvalue weighted by atomic mass is 16.5. The zero-order valence-corrected chi connectivity index (χ0v) is 12.6. The van der Waals surface area contributed by atoms with Gasteiger partial charge in [-0.05, 0) is 39.3 Å². The molecule has 20 heavy (non-hydrogen) atoms. The van der Waals surface area contributed by atoms with Crippen molar-refractivity contribution < 1.29 is 9.84 Å². The summed E-state index contributed by atoms with van der Waals surface area (Å²) in [4.78, 5) is 2.25. The Kier molecular flexibility index (Phi) is 3.92. The van der Waals surface area contributed by atoms with Crippen LogP contribution in [-0.4, -0.2) is 30.4 Å². The first-order chi connectivity index (χ1) is 9.38. The fourth-order valence-corrected chi connectivity index (χ4v) is 3.21. The molecule has 0 amide bonds. The summed E-state index contributed by atoms with van der Waals surface area (Å²) in [5.74, 6) is 0.940. The molecule has 0 radical (unpaired) electrons. The van der Waals surface area contributed by atoms with Crippen LogP contribution in [0, 0.1) is 17.2 Å². The molecule has 1 aromatic rings. The molecule has 0 aromatic heterocycles. The molecule has 1 aliphatic rings. The largest absolute Gasteiger partial charge is 0.495 e. The lowest BCUT2D eigenvalue weighted by atomic mass is 9.85. The molecule has 0 bridgehead atoms. The molecule has 0 spiro atoms. The number of ether oxygens (including phenoxy) is 1. The number of hydrogen-bond acceptors (Lipinski definition) is 4. The molecule has 1 heterocycles. The summed E-state index contributed by atoms with van der Waals surface area (Å²) in [7, 11) is 1.62. The monoisotopic (exact) mass is 274 g/mol. The third-order valence-corrected chi connectivity index (χ3v) is 4.28. The second-order valence-electron chi connectivity index (χ2n) is 5.98. The van der Waals surface area contributed by atoms with E-state index in [2.05, 4.69) is 17.9 Å². The van der Waals surface area contributed by atoms with E-state index in [1.165, 1.54) is 0 Å². The van der Waals surface area contributed by atoms with Crippen molar-refractivity contribution in [1.29, 1.82) is 5.26 Å². The van der Waals surface area contributed by atoms with Gasteiger partial charge in [0.05, 0.1) is 30.0 Å². The van der Waals surface area contributed by atoms with Crippen LogP contribution in [0.15, 0.2) is 18.2 Å². The first-order valence-corrected chi connectivity index (χ1v) is 6.95. The van der Waals surface area contributed by atoms with Gasteiger partial charge in [0.2, 0.25) is 0 Å². The lowest BCUT2D eigenvalue weighted by Crippen LogP contribution is -2.40. The topological polar surface area (TPSA) is 56.5 Å². The Bertz CT molecular complexity index is 528. The van der Waals surface area contributed by atoms with Gasteiger partial charge in [-0.15, -0.1) is 0 Å². The van der Waals surface area contributed by atoms with E-state index in [-0.39, 0.29) is 12.0 Å². The van der Waals surface area contributed by atoms with Gasteiger partial charge in [0.25, 0.3) is 0 Å². The van der Waals surface area contributed by atoms with Crippen molar-refractivity contribution in [1.82, 2.24) is 0 Å². The van der Waals surface area contributed by atoms with Gasteiger partial charge in [-0.25, -0.2) is 0 Å². The zero-order chi connectivity index (χ0) is 14.9. The van der Waals surface area contributed by atoms with E-state index < -0.39 is 5.60 Å². The number of methoxy groups -OCH3 is 1. The third kappa shape index (κ3) is 2.59. The predicted octanol–water partition coefficient (Wildman–Crippen LogP) is 2.55. The average molecular weight is 274 g/mol. The molecule has 2 unspecified atom stereocenters. The first-order valence-electron chi connectivity index (χ1n) is 6.95. The highest BCUT2D eigenvalue weighted by molar-refractivity contribution is 5.62. The summed E-state index contributed by atoms with van der Waals surface area (Å²) in [6, 6.07) is 7.86. The minimum Gasteiger partial charge on any atom is -0.495 e. The van der Waals surface area contributed by atoms with Gasteiger partial charge in [-0.1, -0.05) is 0 Å². The second-order valence-corrected chi connectivity index (χ2v) is 5.98. The standard InChI is InChI=1S/C16H22N2O2/c1-11-13(16(2,3)19)7-8-18(11)14-6-5-12(10-17)9-15(14)20-4/h5-6,9,11,13,19H,7-8H2,1-4H3. The maximum absolute atomic E-state index is 10.3. The van der Waals surface area contributed by atoms with Crippen molar-refractivity contribution in [2.24, 2.45) is 5.92 Å². The molecule has 2 atom stereocenters. The SMILES string of the molecule is COc1cc(C#N)ccc1N1CCC(C(C)(C)O)C1C. The van der Waals surface area contributed by atoms with E-state index in [9.17, 15) is 5.11 Å². The molecule has 108 valence electrons. The van der Waals surface area contributed by atoms with Crippen molar-refractivity contribution in [2.45, 2.75) is 38.8 Å². The number of hydrogen-bond donors (Lipinski definition) is 1. The lowest BCUT2D eigenvalue weighted by molar-refractivity contribution is 0.0156. The van der Waals surface area contributed by atoms with Crippen LogP contribution >= 0.6 is 0 Å². The highest BCUT2D eigenvalue weighted by Gasteiger charge is 2.40. The van der Waals surface area contributed by atoms with Crippen molar-refractivity contribution in [3.63, 3.8) is 0 Å². The third-order valence-electron chi connectivity index (χ3n) is 4.28. The minimum absolute atomic E-state index is 0.225. The van der Waals surface area contributed by atoms with Crippen molar-refractivity contribution in [3.8, 4) is 11.8 Å². The fourth-order valence-electron chi connectivity index (χ4n) is 3.21. The number of nitriles is 1. The lowest BCUT2D eigenvalue weighted by Gasteiger charge is -2.33. The molecule has 1 fully saturated rings. The number of nitrogens with zero attached hydrogens (tertiary/aromatic N) is 2. The smallest absolute Gasteiger partial charge is 0.143 e. The van der Waals surface area contributed by atoms with Crippen molar-refractivity contribution in [3.05, 3.63) is 23.8 Å². The molecule has 1 N–H and O–H groups in total. The van der Waals surface area contributed by atoms with Gasteiger partial charge in [0.1, 0.15) is 5.75 Å². The van der Waals surface area contributed by atoms with Crippen LogP contribution in [0.25, 0.3) is 0 Å². The van der Waals surface area contributed by atoms with Crippen molar-refractivity contribution >= 4 is 5.69 Å². The molecule has 4 heteroatoms. The molecule has 1 aliphatic heterocycles.